The lowest BCUT2D eigenvalue weighted by Crippen LogP contribution is -2.18. The molecule has 0 unspecified atom stereocenters. The number of anilines is 1. The third-order valence-electron chi connectivity index (χ3n) is 7.68. The van der Waals surface area contributed by atoms with E-state index in [2.05, 4.69) is 35.5 Å². The number of fused-ring (bicyclic) bond motifs is 2. The van der Waals surface area contributed by atoms with Gasteiger partial charge in [-0.15, -0.1) is 0 Å². The molecule has 0 radical (unpaired) electrons. The summed E-state index contributed by atoms with van der Waals surface area (Å²) in [5, 5.41) is 11.7. The van der Waals surface area contributed by atoms with Crippen molar-refractivity contribution >= 4 is 33.7 Å². The van der Waals surface area contributed by atoms with E-state index in [1.54, 1.807) is 24.9 Å². The Kier molecular flexibility index (Phi) is 6.07. The maximum Gasteiger partial charge on any atom is 0.224 e. The molecule has 1 amide bonds. The first-order valence-corrected chi connectivity index (χ1v) is 13.7. The van der Waals surface area contributed by atoms with E-state index in [0.717, 1.165) is 63.2 Å². The van der Waals surface area contributed by atoms with Crippen molar-refractivity contribution < 1.29 is 4.79 Å². The molecular formula is C30H29N9O. The zero-order valence-corrected chi connectivity index (χ0v) is 22.2. The zero-order chi connectivity index (χ0) is 27.1. The van der Waals surface area contributed by atoms with E-state index < -0.39 is 0 Å². The molecule has 0 bridgehead atoms. The van der Waals surface area contributed by atoms with Gasteiger partial charge < -0.3 is 14.9 Å². The van der Waals surface area contributed by atoms with Crippen molar-refractivity contribution in [3.05, 3.63) is 67.1 Å². The van der Waals surface area contributed by atoms with Gasteiger partial charge in [-0.3, -0.25) is 14.9 Å². The number of carbonyl (C=O) groups is 1. The maximum atomic E-state index is 12.7. The van der Waals surface area contributed by atoms with Gasteiger partial charge in [-0.1, -0.05) is 19.3 Å². The summed E-state index contributed by atoms with van der Waals surface area (Å²) >= 11 is 0. The van der Waals surface area contributed by atoms with Crippen molar-refractivity contribution in [1.29, 1.82) is 0 Å². The summed E-state index contributed by atoms with van der Waals surface area (Å²) in [5.74, 6) is 0.525. The van der Waals surface area contributed by atoms with Crippen LogP contribution in [0.1, 0.15) is 44.2 Å². The number of imidazole rings is 1. The second-order valence-corrected chi connectivity index (χ2v) is 10.6. The van der Waals surface area contributed by atoms with E-state index in [1.807, 2.05) is 48.0 Å². The second-order valence-electron chi connectivity index (χ2n) is 10.6. The van der Waals surface area contributed by atoms with E-state index in [9.17, 15) is 4.79 Å². The molecule has 0 saturated heterocycles. The van der Waals surface area contributed by atoms with Gasteiger partial charge in [0.25, 0.3) is 0 Å². The quantitative estimate of drug-likeness (QED) is 0.243. The minimum absolute atomic E-state index is 0.0454. The lowest BCUT2D eigenvalue weighted by Gasteiger charge is -2.20. The van der Waals surface area contributed by atoms with Crippen LogP contribution in [0.25, 0.3) is 50.4 Å². The van der Waals surface area contributed by atoms with Gasteiger partial charge in [0.05, 0.1) is 46.5 Å². The van der Waals surface area contributed by atoms with E-state index in [1.165, 1.54) is 19.3 Å². The van der Waals surface area contributed by atoms with Gasteiger partial charge in [0.15, 0.2) is 0 Å². The first kappa shape index (κ1) is 24.2. The third-order valence-corrected chi connectivity index (χ3v) is 7.68. The summed E-state index contributed by atoms with van der Waals surface area (Å²) < 4.78 is 1.99. The Balaban J connectivity index is 1.19. The summed E-state index contributed by atoms with van der Waals surface area (Å²) in [6.07, 6.45) is 15.6. The average molecular weight is 532 g/mol. The molecule has 1 fully saturated rings. The molecule has 1 aliphatic rings. The SMILES string of the molecule is Cc1cn(-c2ccnc3[nH]c(-c4n[nH]c5ccc(-c6cncc(NC(=O)CC7CCCCC7)c6)nc45)cc23)cn1. The number of aromatic nitrogens is 8. The van der Waals surface area contributed by atoms with Crippen LogP contribution >= 0.6 is 0 Å². The van der Waals surface area contributed by atoms with Crippen LogP contribution in [0.4, 0.5) is 5.69 Å². The van der Waals surface area contributed by atoms with Crippen LogP contribution in [0.2, 0.25) is 0 Å². The first-order valence-electron chi connectivity index (χ1n) is 13.7. The molecule has 0 aromatic carbocycles. The monoisotopic (exact) mass is 531 g/mol. The Hall–Kier alpha value is -4.86. The number of carbonyl (C=O) groups excluding carboxylic acids is 1. The number of amides is 1. The molecule has 0 aliphatic heterocycles. The fourth-order valence-electron chi connectivity index (χ4n) is 5.68. The van der Waals surface area contributed by atoms with Gasteiger partial charge in [0, 0.05) is 36.0 Å². The van der Waals surface area contributed by atoms with E-state index >= 15 is 0 Å². The van der Waals surface area contributed by atoms with Crippen LogP contribution in [0.5, 0.6) is 0 Å². The number of rotatable bonds is 6. The number of hydrogen-bond acceptors (Lipinski definition) is 6. The molecular weight excluding hydrogens is 502 g/mol. The Morgan fingerprint density at radius 3 is 2.85 bits per heavy atom. The smallest absolute Gasteiger partial charge is 0.224 e. The number of aromatic amines is 2. The highest BCUT2D eigenvalue weighted by molar-refractivity contribution is 5.96. The lowest BCUT2D eigenvalue weighted by molar-refractivity contribution is -0.117. The maximum absolute atomic E-state index is 12.7. The van der Waals surface area contributed by atoms with Crippen LogP contribution in [0.15, 0.2) is 61.4 Å². The minimum atomic E-state index is 0.0454. The van der Waals surface area contributed by atoms with Gasteiger partial charge in [-0.2, -0.15) is 5.10 Å². The number of aryl methyl sites for hydroxylation is 1. The van der Waals surface area contributed by atoms with Crippen molar-refractivity contribution in [2.45, 2.75) is 45.4 Å². The molecule has 10 heteroatoms. The Morgan fingerprint density at radius 1 is 1.10 bits per heavy atom. The first-order chi connectivity index (χ1) is 19.6. The molecule has 1 aliphatic carbocycles. The Labute approximate surface area is 230 Å². The average Bonchev–Trinajstić information content (AvgIpc) is 3.71. The van der Waals surface area contributed by atoms with Crippen LogP contribution in [-0.2, 0) is 4.79 Å². The molecule has 6 aromatic heterocycles. The molecule has 7 rings (SSSR count). The summed E-state index contributed by atoms with van der Waals surface area (Å²) in [6.45, 7) is 1.97. The van der Waals surface area contributed by atoms with Crippen molar-refractivity contribution in [2.24, 2.45) is 5.92 Å². The van der Waals surface area contributed by atoms with Crippen LogP contribution < -0.4 is 5.32 Å². The summed E-state index contributed by atoms with van der Waals surface area (Å²) in [4.78, 5) is 34.3. The van der Waals surface area contributed by atoms with Crippen LogP contribution in [0.3, 0.4) is 0 Å². The number of nitrogens with zero attached hydrogens (tertiary/aromatic N) is 6. The molecule has 200 valence electrons. The van der Waals surface area contributed by atoms with Crippen molar-refractivity contribution in [3.63, 3.8) is 0 Å². The number of nitrogens with one attached hydrogen (secondary N) is 3. The molecule has 40 heavy (non-hydrogen) atoms. The van der Waals surface area contributed by atoms with Gasteiger partial charge in [0.1, 0.15) is 16.9 Å². The van der Waals surface area contributed by atoms with Gasteiger partial charge in [0.2, 0.25) is 5.91 Å². The third kappa shape index (κ3) is 4.61. The molecule has 6 heterocycles. The largest absolute Gasteiger partial charge is 0.338 e. The van der Waals surface area contributed by atoms with Crippen LogP contribution in [-0.4, -0.2) is 45.6 Å². The Bertz CT molecular complexity index is 1840. The van der Waals surface area contributed by atoms with Crippen molar-refractivity contribution in [2.75, 3.05) is 5.32 Å². The van der Waals surface area contributed by atoms with E-state index in [4.69, 9.17) is 4.98 Å². The molecule has 6 aromatic rings. The highest BCUT2D eigenvalue weighted by Crippen LogP contribution is 2.32. The minimum Gasteiger partial charge on any atom is -0.338 e. The van der Waals surface area contributed by atoms with Gasteiger partial charge in [-0.05, 0) is 56.0 Å². The molecule has 10 nitrogen and oxygen atoms in total. The molecule has 0 atom stereocenters. The fraction of sp³-hybridized carbons (Fsp3) is 0.267. The zero-order valence-electron chi connectivity index (χ0n) is 22.2. The van der Waals surface area contributed by atoms with Crippen LogP contribution in [0, 0.1) is 12.8 Å². The van der Waals surface area contributed by atoms with Crippen molar-refractivity contribution in [3.8, 4) is 28.3 Å². The summed E-state index contributed by atoms with van der Waals surface area (Å²) in [5.41, 5.74) is 7.99. The lowest BCUT2D eigenvalue weighted by atomic mass is 9.87. The van der Waals surface area contributed by atoms with Crippen molar-refractivity contribution in [1.82, 2.24) is 39.7 Å². The normalized spacial score (nSPS) is 14.2. The number of hydrogen-bond donors (Lipinski definition) is 3. The highest BCUT2D eigenvalue weighted by Gasteiger charge is 2.18. The summed E-state index contributed by atoms with van der Waals surface area (Å²) in [6, 6.07) is 9.82. The molecule has 3 N–H and O–H groups in total. The predicted octanol–water partition coefficient (Wildman–Crippen LogP) is 5.97. The Morgan fingerprint density at radius 2 is 2.00 bits per heavy atom. The topological polar surface area (TPSA) is 130 Å². The number of H-pyrrole nitrogens is 2. The molecule has 1 saturated carbocycles. The second kappa shape index (κ2) is 10.0. The fourth-order valence-corrected chi connectivity index (χ4v) is 5.68. The van der Waals surface area contributed by atoms with Gasteiger partial charge >= 0.3 is 0 Å². The van der Waals surface area contributed by atoms with E-state index in [-0.39, 0.29) is 5.91 Å². The highest BCUT2D eigenvalue weighted by atomic mass is 16.1. The van der Waals surface area contributed by atoms with E-state index in [0.29, 0.717) is 23.7 Å². The predicted molar refractivity (Wildman–Crippen MR) is 154 cm³/mol. The summed E-state index contributed by atoms with van der Waals surface area (Å²) in [7, 11) is 0. The molecule has 0 spiro atoms. The standard InChI is InChI=1S/C30H29N9O/c1-18-16-39(17-33-18)26-9-10-32-30-22(26)13-25(36-30)29-28-24(37-38-29)8-7-23(35-28)20-12-21(15-31-14-20)34-27(40)11-19-5-3-2-4-6-19/h7-10,12-17,19H,2-6,11H2,1H3,(H,32,36)(H,34,40)(H,37,38). The number of pyridine rings is 3. The van der Waals surface area contributed by atoms with Gasteiger partial charge in [-0.25, -0.2) is 15.0 Å².